The molecule has 238 valence electrons. The number of rotatable bonds is 2. The van der Waals surface area contributed by atoms with Gasteiger partial charge in [-0.3, -0.25) is 0 Å². The second kappa shape index (κ2) is 9.44. The zero-order chi connectivity index (χ0) is 33.6. The zero-order valence-electron chi connectivity index (χ0n) is 28.4. The molecular weight excluding hydrogens is 617 g/mol. The lowest BCUT2D eigenvalue weighted by Crippen LogP contribution is -2.15. The molecule has 0 bridgehead atoms. The quantitative estimate of drug-likeness (QED) is 0.177. The number of nitrogens with zero attached hydrogens (tertiary/aromatic N) is 2. The summed E-state index contributed by atoms with van der Waals surface area (Å²) in [4.78, 5) is 0. The van der Waals surface area contributed by atoms with E-state index in [9.17, 15) is 0 Å². The third kappa shape index (κ3) is 3.24. The highest BCUT2D eigenvalue weighted by molar-refractivity contribution is 6.31. The van der Waals surface area contributed by atoms with Gasteiger partial charge in [0, 0.05) is 38.0 Å². The summed E-state index contributed by atoms with van der Waals surface area (Å²) in [5, 5.41) is 7.88. The summed E-state index contributed by atoms with van der Waals surface area (Å²) in [6.45, 7) is 4.86. The molecule has 0 radical (unpaired) electrons. The molecule has 51 heavy (non-hydrogen) atoms. The molecule has 2 aliphatic rings. The summed E-state index contributed by atoms with van der Waals surface area (Å²) >= 11 is 0. The highest BCUT2D eigenvalue weighted by atomic mass is 15.0. The van der Waals surface area contributed by atoms with Crippen molar-refractivity contribution in [1.29, 1.82) is 0 Å². The van der Waals surface area contributed by atoms with Gasteiger partial charge in [-0.2, -0.15) is 0 Å². The van der Waals surface area contributed by atoms with Crippen molar-refractivity contribution < 1.29 is 0 Å². The van der Waals surface area contributed by atoms with E-state index >= 15 is 0 Å². The Hall–Kier alpha value is -6.38. The van der Waals surface area contributed by atoms with Gasteiger partial charge in [0.15, 0.2) is 0 Å². The molecule has 2 nitrogen and oxygen atoms in total. The van der Waals surface area contributed by atoms with Crippen molar-refractivity contribution in [2.24, 2.45) is 0 Å². The lowest BCUT2D eigenvalue weighted by Gasteiger charge is -2.23. The maximum Gasteiger partial charge on any atom is 0.0795 e. The standard InChI is InChI=1S/C49H32N2/c1-49(2)38-24-11-8-19-34(38)43-44-36-20-9-13-26-40(36)51(41-28-27-33-31-18-7-6-17-30(31)32-22-14-23-35(41)42(32)33)47(44)48-45(46(43)49)37-21-10-12-25-39(37)50(48)29-15-4-3-5-16-29/h3-28H,1-2H3. The minimum Gasteiger partial charge on any atom is -0.307 e. The highest BCUT2D eigenvalue weighted by Crippen LogP contribution is 2.59. The van der Waals surface area contributed by atoms with Crippen LogP contribution in [-0.2, 0) is 5.41 Å². The third-order valence-electron chi connectivity index (χ3n) is 12.0. The highest BCUT2D eigenvalue weighted by Gasteiger charge is 2.41. The molecule has 8 aromatic carbocycles. The van der Waals surface area contributed by atoms with Crippen molar-refractivity contribution in [3.8, 4) is 44.8 Å². The molecule has 0 fully saturated rings. The van der Waals surface area contributed by atoms with Crippen LogP contribution in [0.25, 0.3) is 99.1 Å². The van der Waals surface area contributed by atoms with E-state index in [2.05, 4.69) is 181 Å². The van der Waals surface area contributed by atoms with Crippen LogP contribution in [0.1, 0.15) is 25.0 Å². The van der Waals surface area contributed by atoms with Gasteiger partial charge in [0.1, 0.15) is 0 Å². The first-order valence-electron chi connectivity index (χ1n) is 18.0. The molecule has 0 unspecified atom stereocenters. The third-order valence-corrected chi connectivity index (χ3v) is 12.0. The number of aromatic nitrogens is 2. The lowest BCUT2D eigenvalue weighted by molar-refractivity contribution is 0.667. The SMILES string of the molecule is CC1(C)c2ccccc2-c2c1c1c3ccccc3n(-c3ccccc3)c1c1c2c2ccccc2n1-c1ccc2c3c(cccc13)-c1ccccc1-2. The molecule has 0 atom stereocenters. The van der Waals surface area contributed by atoms with Crippen LogP contribution < -0.4 is 0 Å². The summed E-state index contributed by atoms with van der Waals surface area (Å²) < 4.78 is 5.14. The van der Waals surface area contributed by atoms with Gasteiger partial charge in [-0.15, -0.1) is 0 Å². The summed E-state index contributed by atoms with van der Waals surface area (Å²) in [7, 11) is 0. The van der Waals surface area contributed by atoms with Gasteiger partial charge in [0.25, 0.3) is 0 Å². The van der Waals surface area contributed by atoms with Crippen LogP contribution >= 0.6 is 0 Å². The van der Waals surface area contributed by atoms with Crippen LogP contribution in [0.3, 0.4) is 0 Å². The van der Waals surface area contributed by atoms with Crippen LogP contribution in [-0.4, -0.2) is 9.13 Å². The van der Waals surface area contributed by atoms with E-state index in [1.54, 1.807) is 0 Å². The maximum atomic E-state index is 2.60. The summed E-state index contributed by atoms with van der Waals surface area (Å²) in [5.41, 5.74) is 18.0. The molecule has 2 heteroatoms. The number of para-hydroxylation sites is 3. The van der Waals surface area contributed by atoms with Crippen LogP contribution in [0, 0.1) is 0 Å². The van der Waals surface area contributed by atoms with E-state index in [4.69, 9.17) is 0 Å². The number of hydrogen-bond acceptors (Lipinski definition) is 0. The normalized spacial score (nSPS) is 13.8. The molecule has 0 saturated heterocycles. The minimum absolute atomic E-state index is 0.193. The lowest BCUT2D eigenvalue weighted by atomic mass is 9.80. The van der Waals surface area contributed by atoms with Crippen LogP contribution in [0.15, 0.2) is 158 Å². The van der Waals surface area contributed by atoms with Crippen molar-refractivity contribution >= 4 is 54.4 Å². The van der Waals surface area contributed by atoms with Crippen molar-refractivity contribution in [2.75, 3.05) is 0 Å². The first-order chi connectivity index (χ1) is 25.1. The molecule has 2 aliphatic carbocycles. The Kier molecular flexibility index (Phi) is 5.08. The molecule has 0 N–H and O–H groups in total. The Morgan fingerprint density at radius 2 is 0.941 bits per heavy atom. The average molecular weight is 649 g/mol. The van der Waals surface area contributed by atoms with E-state index in [1.807, 2.05) is 0 Å². The molecule has 12 rings (SSSR count). The van der Waals surface area contributed by atoms with E-state index in [1.165, 1.54) is 110 Å². The monoisotopic (exact) mass is 648 g/mol. The van der Waals surface area contributed by atoms with Gasteiger partial charge in [0.05, 0.1) is 27.8 Å². The van der Waals surface area contributed by atoms with Crippen LogP contribution in [0.2, 0.25) is 0 Å². The van der Waals surface area contributed by atoms with Gasteiger partial charge < -0.3 is 9.13 Å². The molecule has 0 aliphatic heterocycles. The van der Waals surface area contributed by atoms with Crippen molar-refractivity contribution in [2.45, 2.75) is 19.3 Å². The van der Waals surface area contributed by atoms with E-state index < -0.39 is 0 Å². The summed E-state index contributed by atoms with van der Waals surface area (Å²) in [5.74, 6) is 0. The Balaban J connectivity index is 1.38. The molecular formula is C49H32N2. The second-order valence-electron chi connectivity index (χ2n) is 14.8. The van der Waals surface area contributed by atoms with Gasteiger partial charge >= 0.3 is 0 Å². The maximum absolute atomic E-state index is 2.60. The predicted octanol–water partition coefficient (Wildman–Crippen LogP) is 13.0. The fourth-order valence-corrected chi connectivity index (χ4v) is 10.0. The van der Waals surface area contributed by atoms with E-state index in [-0.39, 0.29) is 5.41 Å². The average Bonchev–Trinajstić information content (AvgIpc) is 3.87. The zero-order valence-corrected chi connectivity index (χ0v) is 28.4. The topological polar surface area (TPSA) is 9.86 Å². The van der Waals surface area contributed by atoms with Gasteiger partial charge in [0.2, 0.25) is 0 Å². The first kappa shape index (κ1) is 27.4. The summed E-state index contributed by atoms with van der Waals surface area (Å²) in [6.07, 6.45) is 0. The number of benzene rings is 8. The Bertz CT molecular complexity index is 3120. The van der Waals surface area contributed by atoms with Gasteiger partial charge in [-0.05, 0) is 80.2 Å². The van der Waals surface area contributed by atoms with Crippen LogP contribution in [0.4, 0.5) is 0 Å². The fourth-order valence-electron chi connectivity index (χ4n) is 10.0. The minimum atomic E-state index is -0.193. The Labute approximate surface area is 295 Å². The van der Waals surface area contributed by atoms with Crippen molar-refractivity contribution in [3.63, 3.8) is 0 Å². The van der Waals surface area contributed by atoms with Gasteiger partial charge in [-0.25, -0.2) is 0 Å². The molecule has 2 aromatic heterocycles. The van der Waals surface area contributed by atoms with Crippen molar-refractivity contribution in [1.82, 2.24) is 9.13 Å². The number of hydrogen-bond donors (Lipinski definition) is 0. The molecule has 0 amide bonds. The predicted molar refractivity (Wildman–Crippen MR) is 215 cm³/mol. The molecule has 10 aromatic rings. The second-order valence-corrected chi connectivity index (χ2v) is 14.8. The molecule has 2 heterocycles. The molecule has 0 saturated carbocycles. The van der Waals surface area contributed by atoms with E-state index in [0.29, 0.717) is 0 Å². The van der Waals surface area contributed by atoms with Crippen molar-refractivity contribution in [3.05, 3.63) is 169 Å². The fraction of sp³-hybridized carbons (Fsp3) is 0.0612. The smallest absolute Gasteiger partial charge is 0.0795 e. The van der Waals surface area contributed by atoms with Gasteiger partial charge in [-0.1, -0.05) is 141 Å². The van der Waals surface area contributed by atoms with Crippen LogP contribution in [0.5, 0.6) is 0 Å². The Morgan fingerprint density at radius 3 is 1.71 bits per heavy atom. The Morgan fingerprint density at radius 1 is 0.392 bits per heavy atom. The largest absolute Gasteiger partial charge is 0.307 e. The molecule has 0 spiro atoms. The summed E-state index contributed by atoms with van der Waals surface area (Å²) in [6, 6.07) is 58.7. The first-order valence-corrected chi connectivity index (χ1v) is 18.0. The van der Waals surface area contributed by atoms with E-state index in [0.717, 1.165) is 0 Å². The number of fused-ring (bicyclic) bond motifs is 15.